The summed E-state index contributed by atoms with van der Waals surface area (Å²) in [5.41, 5.74) is 1.90. The van der Waals surface area contributed by atoms with E-state index in [-0.39, 0.29) is 5.91 Å². The topological polar surface area (TPSA) is 69.7 Å². The molecule has 6 heteroatoms. The van der Waals surface area contributed by atoms with Crippen LogP contribution in [0.25, 0.3) is 0 Å². The molecule has 0 bridgehead atoms. The molecule has 0 saturated carbocycles. The first-order valence-corrected chi connectivity index (χ1v) is 8.22. The van der Waals surface area contributed by atoms with Gasteiger partial charge in [0.2, 0.25) is 5.91 Å². The zero-order valence-corrected chi connectivity index (χ0v) is 14.8. The number of amides is 1. The summed E-state index contributed by atoms with van der Waals surface area (Å²) in [6.45, 7) is 4.90. The highest BCUT2D eigenvalue weighted by Gasteiger charge is 2.12. The number of carbonyl (C=O) groups is 1. The number of hydrogen-bond acceptors (Lipinski definition) is 5. The number of rotatable bonds is 9. The first-order chi connectivity index (χ1) is 12.1. The molecule has 1 amide bonds. The fraction of sp³-hybridized carbons (Fsp3) is 0.368. The normalized spacial score (nSPS) is 11.6. The van der Waals surface area contributed by atoms with Crippen LogP contribution in [0.3, 0.4) is 0 Å². The van der Waals surface area contributed by atoms with Crippen molar-refractivity contribution < 1.29 is 19.0 Å². The van der Waals surface area contributed by atoms with Crippen molar-refractivity contribution in [2.24, 2.45) is 0 Å². The standard InChI is InChI=1S/C19H24N2O4/c1-4-24-14(2)19(22)21-12-15-7-8-17(18(10-15)23-3)25-13-16-6-5-9-20-11-16/h5-11,14H,4,12-13H2,1-3H3,(H,21,22)/t14-/m0/s1. The van der Waals surface area contributed by atoms with Crippen LogP contribution in [0.1, 0.15) is 25.0 Å². The minimum Gasteiger partial charge on any atom is -0.493 e. The Morgan fingerprint density at radius 3 is 2.76 bits per heavy atom. The van der Waals surface area contributed by atoms with Gasteiger partial charge in [0.15, 0.2) is 11.5 Å². The predicted molar refractivity (Wildman–Crippen MR) is 94.5 cm³/mol. The monoisotopic (exact) mass is 344 g/mol. The second-order valence-electron chi connectivity index (χ2n) is 5.45. The van der Waals surface area contributed by atoms with Gasteiger partial charge in [0, 0.05) is 31.1 Å². The third-order valence-corrected chi connectivity index (χ3v) is 3.60. The van der Waals surface area contributed by atoms with E-state index in [9.17, 15) is 4.79 Å². The molecule has 0 fully saturated rings. The number of pyridine rings is 1. The quantitative estimate of drug-likeness (QED) is 0.757. The van der Waals surface area contributed by atoms with E-state index in [0.29, 0.717) is 31.3 Å². The Balaban J connectivity index is 1.95. The molecule has 1 aromatic heterocycles. The lowest BCUT2D eigenvalue weighted by Gasteiger charge is -2.14. The molecule has 25 heavy (non-hydrogen) atoms. The molecule has 1 N–H and O–H groups in total. The van der Waals surface area contributed by atoms with E-state index in [0.717, 1.165) is 11.1 Å². The molecule has 1 heterocycles. The van der Waals surface area contributed by atoms with Crippen molar-refractivity contribution >= 4 is 5.91 Å². The van der Waals surface area contributed by atoms with Gasteiger partial charge in [0.25, 0.3) is 0 Å². The molecule has 0 spiro atoms. The second kappa shape index (κ2) is 9.64. The molecule has 2 aromatic rings. The highest BCUT2D eigenvalue weighted by Crippen LogP contribution is 2.28. The van der Waals surface area contributed by atoms with Crippen molar-refractivity contribution in [2.75, 3.05) is 13.7 Å². The summed E-state index contributed by atoms with van der Waals surface area (Å²) in [7, 11) is 1.59. The summed E-state index contributed by atoms with van der Waals surface area (Å²) < 4.78 is 16.4. The molecule has 0 aliphatic heterocycles. The highest BCUT2D eigenvalue weighted by molar-refractivity contribution is 5.80. The number of carbonyl (C=O) groups excluding carboxylic acids is 1. The summed E-state index contributed by atoms with van der Waals surface area (Å²) in [4.78, 5) is 15.9. The van der Waals surface area contributed by atoms with E-state index in [1.54, 1.807) is 26.4 Å². The minimum atomic E-state index is -0.464. The number of benzene rings is 1. The third kappa shape index (κ3) is 5.76. The molecule has 0 unspecified atom stereocenters. The smallest absolute Gasteiger partial charge is 0.249 e. The molecule has 1 atom stereocenters. The molecular formula is C19H24N2O4. The van der Waals surface area contributed by atoms with Crippen LogP contribution in [-0.4, -0.2) is 30.7 Å². The number of nitrogens with one attached hydrogen (secondary N) is 1. The number of aromatic nitrogens is 1. The highest BCUT2D eigenvalue weighted by atomic mass is 16.5. The van der Waals surface area contributed by atoms with Crippen molar-refractivity contribution in [3.63, 3.8) is 0 Å². The van der Waals surface area contributed by atoms with E-state index in [1.807, 2.05) is 37.3 Å². The SMILES string of the molecule is CCO[C@@H](C)C(=O)NCc1ccc(OCc2cccnc2)c(OC)c1. The zero-order valence-electron chi connectivity index (χ0n) is 14.8. The fourth-order valence-corrected chi connectivity index (χ4v) is 2.24. The van der Waals surface area contributed by atoms with E-state index in [2.05, 4.69) is 10.3 Å². The van der Waals surface area contributed by atoms with Gasteiger partial charge in [-0.2, -0.15) is 0 Å². The lowest BCUT2D eigenvalue weighted by molar-refractivity contribution is -0.131. The van der Waals surface area contributed by atoms with Gasteiger partial charge >= 0.3 is 0 Å². The molecule has 0 saturated heterocycles. The molecule has 134 valence electrons. The summed E-state index contributed by atoms with van der Waals surface area (Å²) >= 11 is 0. The van der Waals surface area contributed by atoms with Crippen LogP contribution in [0, 0.1) is 0 Å². The number of hydrogen-bond donors (Lipinski definition) is 1. The Labute approximate surface area is 148 Å². The predicted octanol–water partition coefficient (Wildman–Crippen LogP) is 2.71. The number of nitrogens with zero attached hydrogens (tertiary/aromatic N) is 1. The van der Waals surface area contributed by atoms with Gasteiger partial charge in [-0.05, 0) is 37.6 Å². The van der Waals surface area contributed by atoms with Gasteiger partial charge in [-0.3, -0.25) is 9.78 Å². The first-order valence-electron chi connectivity index (χ1n) is 8.22. The van der Waals surface area contributed by atoms with Crippen molar-refractivity contribution in [2.45, 2.75) is 33.1 Å². The van der Waals surface area contributed by atoms with E-state index in [1.165, 1.54) is 0 Å². The summed E-state index contributed by atoms with van der Waals surface area (Å²) in [6.07, 6.45) is 3.02. The molecular weight excluding hydrogens is 320 g/mol. The maximum absolute atomic E-state index is 11.9. The van der Waals surface area contributed by atoms with Gasteiger partial charge in [-0.1, -0.05) is 12.1 Å². The van der Waals surface area contributed by atoms with Crippen LogP contribution in [-0.2, 0) is 22.7 Å². The van der Waals surface area contributed by atoms with Crippen LogP contribution in [0.5, 0.6) is 11.5 Å². The van der Waals surface area contributed by atoms with Gasteiger partial charge in [0.1, 0.15) is 12.7 Å². The Morgan fingerprint density at radius 2 is 2.08 bits per heavy atom. The largest absolute Gasteiger partial charge is 0.493 e. The van der Waals surface area contributed by atoms with Crippen molar-refractivity contribution in [3.05, 3.63) is 53.9 Å². The van der Waals surface area contributed by atoms with Crippen molar-refractivity contribution in [3.8, 4) is 11.5 Å². The molecule has 6 nitrogen and oxygen atoms in total. The van der Waals surface area contributed by atoms with Crippen LogP contribution < -0.4 is 14.8 Å². The zero-order chi connectivity index (χ0) is 18.1. The molecule has 0 aliphatic carbocycles. The summed E-state index contributed by atoms with van der Waals surface area (Å²) in [5.74, 6) is 1.12. The lowest BCUT2D eigenvalue weighted by atomic mass is 10.2. The average Bonchev–Trinajstić information content (AvgIpc) is 2.65. The Morgan fingerprint density at radius 1 is 1.24 bits per heavy atom. The molecule has 2 rings (SSSR count). The lowest BCUT2D eigenvalue weighted by Crippen LogP contribution is -2.34. The first kappa shape index (κ1) is 18.7. The van der Waals surface area contributed by atoms with E-state index in [4.69, 9.17) is 14.2 Å². The molecule has 0 aliphatic rings. The Kier molecular flexibility index (Phi) is 7.22. The second-order valence-corrected chi connectivity index (χ2v) is 5.45. The van der Waals surface area contributed by atoms with E-state index >= 15 is 0 Å². The molecule has 0 radical (unpaired) electrons. The maximum Gasteiger partial charge on any atom is 0.249 e. The van der Waals surface area contributed by atoms with Crippen molar-refractivity contribution in [1.82, 2.24) is 10.3 Å². The Hall–Kier alpha value is -2.60. The van der Waals surface area contributed by atoms with Crippen LogP contribution in [0.2, 0.25) is 0 Å². The van der Waals surface area contributed by atoms with Crippen molar-refractivity contribution in [1.29, 1.82) is 0 Å². The van der Waals surface area contributed by atoms with Crippen LogP contribution in [0.4, 0.5) is 0 Å². The maximum atomic E-state index is 11.9. The third-order valence-electron chi connectivity index (χ3n) is 3.60. The molecule has 1 aromatic carbocycles. The summed E-state index contributed by atoms with van der Waals surface area (Å²) in [5, 5.41) is 2.84. The van der Waals surface area contributed by atoms with Crippen LogP contribution >= 0.6 is 0 Å². The average molecular weight is 344 g/mol. The number of methoxy groups -OCH3 is 1. The number of ether oxygens (including phenoxy) is 3. The van der Waals surface area contributed by atoms with Gasteiger partial charge < -0.3 is 19.5 Å². The summed E-state index contributed by atoms with van der Waals surface area (Å²) in [6, 6.07) is 9.40. The fourth-order valence-electron chi connectivity index (χ4n) is 2.24. The van der Waals surface area contributed by atoms with Crippen LogP contribution in [0.15, 0.2) is 42.7 Å². The van der Waals surface area contributed by atoms with Gasteiger partial charge in [-0.25, -0.2) is 0 Å². The van der Waals surface area contributed by atoms with Gasteiger partial charge in [0.05, 0.1) is 7.11 Å². The van der Waals surface area contributed by atoms with E-state index < -0.39 is 6.10 Å². The Bertz CT molecular complexity index is 676. The minimum absolute atomic E-state index is 0.141. The van der Waals surface area contributed by atoms with Gasteiger partial charge in [-0.15, -0.1) is 0 Å².